The number of benzene rings is 2. The van der Waals surface area contributed by atoms with Crippen LogP contribution in [0.2, 0.25) is 0 Å². The number of para-hydroxylation sites is 2. The smallest absolute Gasteiger partial charge is 0.410 e. The van der Waals surface area contributed by atoms with E-state index in [1.807, 2.05) is 71.0 Å². The van der Waals surface area contributed by atoms with E-state index >= 15 is 0 Å². The molecule has 1 aliphatic heterocycles. The van der Waals surface area contributed by atoms with Gasteiger partial charge in [-0.15, -0.1) is 0 Å². The molecule has 2 amide bonds. The van der Waals surface area contributed by atoms with Gasteiger partial charge in [-0.05, 0) is 52.0 Å². The lowest BCUT2D eigenvalue weighted by atomic mass is 10.1. The number of aromatic nitrogens is 1. The van der Waals surface area contributed by atoms with E-state index in [-0.39, 0.29) is 18.1 Å². The van der Waals surface area contributed by atoms with Crippen LogP contribution in [0.25, 0.3) is 0 Å². The van der Waals surface area contributed by atoms with Gasteiger partial charge in [-0.1, -0.05) is 23.5 Å². The zero-order chi connectivity index (χ0) is 29.7. The van der Waals surface area contributed by atoms with Crippen LogP contribution in [0.5, 0.6) is 17.2 Å². The highest BCUT2D eigenvalue weighted by Gasteiger charge is 2.28. The van der Waals surface area contributed by atoms with Crippen LogP contribution in [0.3, 0.4) is 0 Å². The summed E-state index contributed by atoms with van der Waals surface area (Å²) >= 11 is 1.35. The van der Waals surface area contributed by atoms with Crippen LogP contribution in [-0.4, -0.2) is 67.9 Å². The number of rotatable bonds is 9. The lowest BCUT2D eigenvalue weighted by Gasteiger charge is -2.29. The van der Waals surface area contributed by atoms with E-state index in [1.54, 1.807) is 30.2 Å². The van der Waals surface area contributed by atoms with Crippen molar-refractivity contribution in [2.75, 3.05) is 44.6 Å². The number of anilines is 2. The van der Waals surface area contributed by atoms with Crippen LogP contribution >= 0.6 is 11.3 Å². The molecule has 3 aromatic rings. The van der Waals surface area contributed by atoms with Crippen molar-refractivity contribution >= 4 is 34.2 Å². The second-order valence-electron chi connectivity index (χ2n) is 11.0. The fourth-order valence-electron chi connectivity index (χ4n) is 4.27. The van der Waals surface area contributed by atoms with Crippen molar-refractivity contribution in [3.05, 3.63) is 58.6 Å². The van der Waals surface area contributed by atoms with Gasteiger partial charge in [0.25, 0.3) is 5.91 Å². The van der Waals surface area contributed by atoms with Crippen molar-refractivity contribution in [1.82, 2.24) is 9.88 Å². The lowest BCUT2D eigenvalue weighted by Crippen LogP contribution is -2.39. The standard InChI is InChI=1S/C30H38N4O6S/c1-19(18-37-7)38-21-14-20(15-22(16-21)39-25-11-9-8-10-24(25)33(5)6)27(35)32-28-31-23-12-13-34(17-26(23)41-28)29(36)40-30(2,3)4/h8-11,14-16,19H,12-13,17-18H2,1-7H3,(H,31,32,35). The summed E-state index contributed by atoms with van der Waals surface area (Å²) in [7, 11) is 5.48. The number of hydrogen-bond acceptors (Lipinski definition) is 9. The molecule has 0 bridgehead atoms. The minimum atomic E-state index is -0.569. The third-order valence-corrected chi connectivity index (χ3v) is 7.06. The van der Waals surface area contributed by atoms with E-state index in [9.17, 15) is 9.59 Å². The quantitative estimate of drug-likeness (QED) is 0.330. The number of nitrogens with one attached hydrogen (secondary N) is 1. The largest absolute Gasteiger partial charge is 0.488 e. The predicted molar refractivity (Wildman–Crippen MR) is 160 cm³/mol. The highest BCUT2D eigenvalue weighted by Crippen LogP contribution is 2.34. The molecule has 1 aromatic heterocycles. The highest BCUT2D eigenvalue weighted by atomic mass is 32.1. The Bertz CT molecular complexity index is 1380. The van der Waals surface area contributed by atoms with Crippen molar-refractivity contribution < 1.29 is 28.5 Å². The summed E-state index contributed by atoms with van der Waals surface area (Å²) in [6.45, 7) is 8.71. The van der Waals surface area contributed by atoms with Crippen molar-refractivity contribution in [2.24, 2.45) is 0 Å². The molecule has 0 aliphatic carbocycles. The summed E-state index contributed by atoms with van der Waals surface area (Å²) in [5.41, 5.74) is 1.56. The molecule has 10 nitrogen and oxygen atoms in total. The average Bonchev–Trinajstić information content (AvgIpc) is 3.29. The Morgan fingerprint density at radius 1 is 1.15 bits per heavy atom. The van der Waals surface area contributed by atoms with Crippen LogP contribution in [0.15, 0.2) is 42.5 Å². The number of amides is 2. The lowest BCUT2D eigenvalue weighted by molar-refractivity contribution is 0.0225. The molecule has 0 spiro atoms. The SMILES string of the molecule is COCC(C)Oc1cc(Oc2ccccc2N(C)C)cc(C(=O)Nc2nc3c(s2)CN(C(=O)OC(C)(C)C)CC3)c1. The van der Waals surface area contributed by atoms with Crippen molar-refractivity contribution in [2.45, 2.75) is 52.4 Å². The maximum Gasteiger partial charge on any atom is 0.410 e. The van der Waals surface area contributed by atoms with Gasteiger partial charge in [-0.2, -0.15) is 0 Å². The van der Waals surface area contributed by atoms with E-state index < -0.39 is 5.60 Å². The molecule has 11 heteroatoms. The average molecular weight is 583 g/mol. The minimum Gasteiger partial charge on any atom is -0.488 e. The Labute approximate surface area is 245 Å². The number of carbonyl (C=O) groups is 2. The molecule has 41 heavy (non-hydrogen) atoms. The van der Waals surface area contributed by atoms with Gasteiger partial charge >= 0.3 is 6.09 Å². The van der Waals surface area contributed by atoms with Gasteiger partial charge in [0.2, 0.25) is 0 Å². The second kappa shape index (κ2) is 12.8. The molecule has 2 aromatic carbocycles. The summed E-state index contributed by atoms with van der Waals surface area (Å²) in [6.07, 6.45) is -0.00543. The molecule has 4 rings (SSSR count). The zero-order valence-corrected chi connectivity index (χ0v) is 25.5. The molecule has 0 saturated heterocycles. The van der Waals surface area contributed by atoms with Crippen molar-refractivity contribution in [1.29, 1.82) is 0 Å². The molecule has 2 heterocycles. The molecule has 1 atom stereocenters. The topological polar surface area (TPSA) is 102 Å². The molecular formula is C30H38N4O6S. The summed E-state index contributed by atoms with van der Waals surface area (Å²) < 4.78 is 23.0. The number of carbonyl (C=O) groups excluding carboxylic acids is 2. The number of hydrogen-bond donors (Lipinski definition) is 1. The molecule has 1 N–H and O–H groups in total. The predicted octanol–water partition coefficient (Wildman–Crippen LogP) is 5.96. The minimum absolute atomic E-state index is 0.237. The van der Waals surface area contributed by atoms with Gasteiger partial charge in [0.15, 0.2) is 10.9 Å². The van der Waals surface area contributed by atoms with Gasteiger partial charge in [0, 0.05) is 50.7 Å². The maximum absolute atomic E-state index is 13.4. The number of thiazole rings is 1. The Morgan fingerprint density at radius 2 is 1.88 bits per heavy atom. The van der Waals surface area contributed by atoms with Gasteiger partial charge < -0.3 is 28.7 Å². The van der Waals surface area contributed by atoms with Gasteiger partial charge in [0.1, 0.15) is 23.2 Å². The third-order valence-electron chi connectivity index (χ3n) is 6.06. The van der Waals surface area contributed by atoms with E-state index in [4.69, 9.17) is 18.9 Å². The first kappa shape index (κ1) is 30.1. The van der Waals surface area contributed by atoms with Crippen molar-refractivity contribution in [3.8, 4) is 17.2 Å². The molecule has 1 unspecified atom stereocenters. The van der Waals surface area contributed by atoms with E-state index in [1.165, 1.54) is 11.3 Å². The fraction of sp³-hybridized carbons (Fsp3) is 0.433. The van der Waals surface area contributed by atoms with Crippen LogP contribution in [0.4, 0.5) is 15.6 Å². The first-order chi connectivity index (χ1) is 19.4. The van der Waals surface area contributed by atoms with Crippen LogP contribution in [-0.2, 0) is 22.4 Å². The van der Waals surface area contributed by atoms with Gasteiger partial charge in [0.05, 0.1) is 24.5 Å². The number of ether oxygens (including phenoxy) is 4. The second-order valence-corrected chi connectivity index (χ2v) is 12.1. The van der Waals surface area contributed by atoms with E-state index in [2.05, 4.69) is 10.3 Å². The monoisotopic (exact) mass is 582 g/mol. The summed E-state index contributed by atoms with van der Waals surface area (Å²) in [4.78, 5) is 35.1. The fourth-order valence-corrected chi connectivity index (χ4v) is 5.29. The number of methoxy groups -OCH3 is 1. The summed E-state index contributed by atoms with van der Waals surface area (Å²) in [5, 5.41) is 3.38. The Morgan fingerprint density at radius 3 is 2.59 bits per heavy atom. The molecule has 0 radical (unpaired) electrons. The van der Waals surface area contributed by atoms with E-state index in [0.29, 0.717) is 54.1 Å². The molecule has 0 fully saturated rings. The molecular weight excluding hydrogens is 544 g/mol. The van der Waals surface area contributed by atoms with Crippen LogP contribution < -0.4 is 19.7 Å². The molecule has 0 saturated carbocycles. The first-order valence-electron chi connectivity index (χ1n) is 13.4. The van der Waals surface area contributed by atoms with Crippen LogP contribution in [0.1, 0.15) is 48.6 Å². The summed E-state index contributed by atoms with van der Waals surface area (Å²) in [5.74, 6) is 1.23. The molecule has 1 aliphatic rings. The maximum atomic E-state index is 13.4. The normalized spacial score (nSPS) is 13.7. The van der Waals surface area contributed by atoms with Gasteiger partial charge in [-0.25, -0.2) is 9.78 Å². The van der Waals surface area contributed by atoms with E-state index in [0.717, 1.165) is 16.3 Å². The van der Waals surface area contributed by atoms with Gasteiger partial charge in [-0.3, -0.25) is 10.1 Å². The Balaban J connectivity index is 1.54. The zero-order valence-electron chi connectivity index (χ0n) is 24.6. The highest BCUT2D eigenvalue weighted by molar-refractivity contribution is 7.15. The molecule has 220 valence electrons. The number of fused-ring (bicyclic) bond motifs is 1. The first-order valence-corrected chi connectivity index (χ1v) is 14.3. The number of nitrogens with zero attached hydrogens (tertiary/aromatic N) is 3. The van der Waals surface area contributed by atoms with Crippen LogP contribution in [0, 0.1) is 0 Å². The third kappa shape index (κ3) is 8.11. The Kier molecular flexibility index (Phi) is 9.39. The van der Waals surface area contributed by atoms with Crippen molar-refractivity contribution in [3.63, 3.8) is 0 Å². The Hall–Kier alpha value is -3.83. The summed E-state index contributed by atoms with van der Waals surface area (Å²) in [6, 6.07) is 12.8.